The number of alkyl halides is 3. The average Bonchev–Trinajstić information content (AvgIpc) is 2.77. The maximum atomic E-state index is 12.8. The van der Waals surface area contributed by atoms with Crippen molar-refractivity contribution in [1.29, 1.82) is 0 Å². The van der Waals surface area contributed by atoms with E-state index in [0.717, 1.165) is 11.3 Å². The van der Waals surface area contributed by atoms with Gasteiger partial charge in [0, 0.05) is 31.9 Å². The first kappa shape index (κ1) is 16.6. The highest BCUT2D eigenvalue weighted by atomic mass is 19.4. The molecule has 124 valence electrons. The Morgan fingerprint density at radius 2 is 2.18 bits per heavy atom. The van der Waals surface area contributed by atoms with Crippen LogP contribution in [0, 0.1) is 12.8 Å². The first-order chi connectivity index (χ1) is 10.2. The van der Waals surface area contributed by atoms with Crippen LogP contribution in [0.15, 0.2) is 6.20 Å². The third kappa shape index (κ3) is 3.72. The van der Waals surface area contributed by atoms with Crippen LogP contribution in [0.25, 0.3) is 0 Å². The van der Waals surface area contributed by atoms with Crippen molar-refractivity contribution in [3.63, 3.8) is 0 Å². The van der Waals surface area contributed by atoms with Gasteiger partial charge in [-0.15, -0.1) is 0 Å². The summed E-state index contributed by atoms with van der Waals surface area (Å²) < 4.78 is 40.0. The van der Waals surface area contributed by atoms with Crippen molar-refractivity contribution in [2.24, 2.45) is 13.0 Å². The quantitative estimate of drug-likeness (QED) is 0.911. The van der Waals surface area contributed by atoms with E-state index in [-0.39, 0.29) is 19.0 Å². The van der Waals surface area contributed by atoms with E-state index in [2.05, 4.69) is 10.4 Å². The minimum absolute atomic E-state index is 0.0878. The maximum Gasteiger partial charge on any atom is 0.393 e. The lowest BCUT2D eigenvalue weighted by Gasteiger charge is -2.34. The van der Waals surface area contributed by atoms with Crippen LogP contribution in [0.3, 0.4) is 0 Å². The van der Waals surface area contributed by atoms with Gasteiger partial charge in [-0.3, -0.25) is 4.68 Å². The molecule has 0 spiro atoms. The van der Waals surface area contributed by atoms with E-state index in [1.807, 2.05) is 6.92 Å². The maximum absolute atomic E-state index is 12.8. The molecule has 2 rings (SSSR count). The molecule has 0 aliphatic carbocycles. The Bertz CT molecular complexity index is 541. The number of nitrogens with one attached hydrogen (secondary N) is 1. The number of likely N-dealkylation sites (tertiary alicyclic amines) is 1. The minimum atomic E-state index is -4.25. The van der Waals surface area contributed by atoms with Gasteiger partial charge in [0.15, 0.2) is 0 Å². The molecule has 0 radical (unpaired) electrons. The Balaban J connectivity index is 1.98. The number of amides is 2. The second-order valence-electron chi connectivity index (χ2n) is 5.84. The molecule has 1 aromatic heterocycles. The van der Waals surface area contributed by atoms with Gasteiger partial charge in [0.1, 0.15) is 0 Å². The Hall–Kier alpha value is -1.73. The van der Waals surface area contributed by atoms with Crippen LogP contribution in [-0.2, 0) is 7.05 Å². The van der Waals surface area contributed by atoms with Crippen molar-refractivity contribution in [3.8, 4) is 0 Å². The molecule has 0 saturated carbocycles. The van der Waals surface area contributed by atoms with Crippen molar-refractivity contribution in [3.05, 3.63) is 17.5 Å². The van der Waals surface area contributed by atoms with E-state index in [1.54, 1.807) is 24.9 Å². The summed E-state index contributed by atoms with van der Waals surface area (Å²) in [7, 11) is 1.78. The van der Waals surface area contributed by atoms with Crippen LogP contribution in [0.4, 0.5) is 18.0 Å². The van der Waals surface area contributed by atoms with Crippen molar-refractivity contribution in [1.82, 2.24) is 20.0 Å². The smallest absolute Gasteiger partial charge is 0.331 e. The molecule has 2 heterocycles. The van der Waals surface area contributed by atoms with E-state index in [4.69, 9.17) is 0 Å². The highest BCUT2D eigenvalue weighted by Crippen LogP contribution is 2.33. The number of piperidine rings is 1. The summed E-state index contributed by atoms with van der Waals surface area (Å²) in [6, 6.07) is -0.753. The standard InChI is InChI=1S/C14H21F3N4O/c1-9(12-8-20(3)19-10(12)2)18-13(22)21-6-4-5-11(7-21)14(15,16)17/h8-9,11H,4-7H2,1-3H3,(H,18,22). The van der Waals surface area contributed by atoms with Gasteiger partial charge < -0.3 is 10.2 Å². The highest BCUT2D eigenvalue weighted by Gasteiger charge is 2.42. The van der Waals surface area contributed by atoms with Crippen molar-refractivity contribution >= 4 is 6.03 Å². The SMILES string of the molecule is Cc1nn(C)cc1C(C)NC(=O)N1CCCC(C(F)(F)F)C1. The Morgan fingerprint density at radius 3 is 2.73 bits per heavy atom. The lowest BCUT2D eigenvalue weighted by molar-refractivity contribution is -0.184. The van der Waals surface area contributed by atoms with Crippen LogP contribution in [0.2, 0.25) is 0 Å². The van der Waals surface area contributed by atoms with Gasteiger partial charge in [0.25, 0.3) is 0 Å². The molecule has 1 fully saturated rings. The summed E-state index contributed by atoms with van der Waals surface area (Å²) in [6.45, 7) is 3.72. The molecule has 1 aliphatic heterocycles. The summed E-state index contributed by atoms with van der Waals surface area (Å²) in [6.07, 6.45) is -1.98. The Kier molecular flexibility index (Phi) is 4.67. The molecule has 2 amide bonds. The molecular weight excluding hydrogens is 297 g/mol. The van der Waals surface area contributed by atoms with Gasteiger partial charge in [-0.25, -0.2) is 4.79 Å². The summed E-state index contributed by atoms with van der Waals surface area (Å²) >= 11 is 0. The predicted molar refractivity (Wildman–Crippen MR) is 75.2 cm³/mol. The molecule has 8 heteroatoms. The molecule has 1 N–H and O–H groups in total. The number of urea groups is 1. The van der Waals surface area contributed by atoms with Gasteiger partial charge in [0.2, 0.25) is 0 Å². The molecule has 0 bridgehead atoms. The van der Waals surface area contributed by atoms with Gasteiger partial charge >= 0.3 is 12.2 Å². The number of carbonyl (C=O) groups is 1. The Morgan fingerprint density at radius 1 is 1.50 bits per heavy atom. The van der Waals surface area contributed by atoms with Crippen molar-refractivity contribution < 1.29 is 18.0 Å². The first-order valence-electron chi connectivity index (χ1n) is 7.30. The van der Waals surface area contributed by atoms with E-state index >= 15 is 0 Å². The number of hydrogen-bond acceptors (Lipinski definition) is 2. The number of carbonyl (C=O) groups excluding carboxylic acids is 1. The van der Waals surface area contributed by atoms with Crippen LogP contribution in [0.5, 0.6) is 0 Å². The summed E-state index contributed by atoms with van der Waals surface area (Å²) in [5.74, 6) is -1.43. The van der Waals surface area contributed by atoms with Crippen LogP contribution < -0.4 is 5.32 Å². The molecule has 0 aromatic carbocycles. The van der Waals surface area contributed by atoms with Gasteiger partial charge in [-0.2, -0.15) is 18.3 Å². The average molecular weight is 318 g/mol. The molecular formula is C14H21F3N4O. The fourth-order valence-corrected chi connectivity index (χ4v) is 2.83. The van der Waals surface area contributed by atoms with Gasteiger partial charge in [0.05, 0.1) is 17.7 Å². The van der Waals surface area contributed by atoms with Gasteiger partial charge in [-0.05, 0) is 26.7 Å². The number of rotatable bonds is 2. The fourth-order valence-electron chi connectivity index (χ4n) is 2.83. The molecule has 5 nitrogen and oxygen atoms in total. The lowest BCUT2D eigenvalue weighted by atomic mass is 9.98. The zero-order valence-corrected chi connectivity index (χ0v) is 12.9. The topological polar surface area (TPSA) is 50.2 Å². The normalized spacial score (nSPS) is 20.8. The number of aryl methyl sites for hydroxylation is 2. The molecule has 2 unspecified atom stereocenters. The van der Waals surface area contributed by atoms with Crippen molar-refractivity contribution in [2.75, 3.05) is 13.1 Å². The molecule has 1 saturated heterocycles. The zero-order valence-electron chi connectivity index (χ0n) is 12.9. The fraction of sp³-hybridized carbons (Fsp3) is 0.714. The summed E-state index contributed by atoms with van der Waals surface area (Å²) in [5, 5.41) is 6.96. The largest absolute Gasteiger partial charge is 0.393 e. The zero-order chi connectivity index (χ0) is 16.5. The monoisotopic (exact) mass is 318 g/mol. The molecule has 1 aromatic rings. The predicted octanol–water partition coefficient (Wildman–Crippen LogP) is 2.77. The third-order valence-corrected chi connectivity index (χ3v) is 4.03. The Labute approximate surface area is 127 Å². The first-order valence-corrected chi connectivity index (χ1v) is 7.30. The second kappa shape index (κ2) is 6.18. The van der Waals surface area contributed by atoms with Crippen LogP contribution in [0.1, 0.15) is 37.1 Å². The van der Waals surface area contributed by atoms with Crippen LogP contribution in [-0.4, -0.2) is 40.0 Å². The number of halogens is 3. The van der Waals surface area contributed by atoms with E-state index in [1.165, 1.54) is 4.90 Å². The van der Waals surface area contributed by atoms with E-state index in [9.17, 15) is 18.0 Å². The van der Waals surface area contributed by atoms with Crippen LogP contribution >= 0.6 is 0 Å². The lowest BCUT2D eigenvalue weighted by Crippen LogP contribution is -2.49. The minimum Gasteiger partial charge on any atom is -0.331 e. The number of aromatic nitrogens is 2. The second-order valence-corrected chi connectivity index (χ2v) is 5.84. The highest BCUT2D eigenvalue weighted by molar-refractivity contribution is 5.74. The summed E-state index contributed by atoms with van der Waals surface area (Å²) in [5.41, 5.74) is 1.65. The molecule has 2 atom stereocenters. The number of nitrogens with zero attached hydrogens (tertiary/aromatic N) is 3. The number of hydrogen-bond donors (Lipinski definition) is 1. The van der Waals surface area contributed by atoms with Crippen molar-refractivity contribution in [2.45, 2.75) is 38.9 Å². The van der Waals surface area contributed by atoms with Gasteiger partial charge in [-0.1, -0.05) is 0 Å². The van der Waals surface area contributed by atoms with E-state index < -0.39 is 18.1 Å². The van der Waals surface area contributed by atoms with E-state index in [0.29, 0.717) is 13.0 Å². The third-order valence-electron chi connectivity index (χ3n) is 4.03. The summed E-state index contributed by atoms with van der Waals surface area (Å²) in [4.78, 5) is 13.4. The molecule has 22 heavy (non-hydrogen) atoms. The molecule has 1 aliphatic rings.